The topological polar surface area (TPSA) is 31.2 Å². The van der Waals surface area contributed by atoms with Gasteiger partial charge in [0.15, 0.2) is 0 Å². The van der Waals surface area contributed by atoms with E-state index in [1.165, 1.54) is 7.11 Å². The fraction of sp³-hybridized carbons (Fsp3) is 0.227. The van der Waals surface area contributed by atoms with Crippen LogP contribution in [-0.2, 0) is 11.3 Å². The highest BCUT2D eigenvalue weighted by Gasteiger charge is 2.22. The average molecular weight is 333 g/mol. The van der Waals surface area contributed by atoms with Crippen molar-refractivity contribution in [2.45, 2.75) is 26.3 Å². The van der Waals surface area contributed by atoms with E-state index in [9.17, 15) is 4.79 Å². The number of hydrogen-bond acceptors (Lipinski definition) is 2. The van der Waals surface area contributed by atoms with Gasteiger partial charge in [-0.25, -0.2) is 4.79 Å². The molecule has 2 aromatic carbocycles. The molecule has 0 saturated heterocycles. The summed E-state index contributed by atoms with van der Waals surface area (Å²) in [6, 6.07) is 22.2. The van der Waals surface area contributed by atoms with Crippen LogP contribution in [0.25, 0.3) is 22.5 Å². The number of carbonyl (C=O) groups is 1. The van der Waals surface area contributed by atoms with E-state index < -0.39 is 0 Å². The Morgan fingerprint density at radius 1 is 0.960 bits per heavy atom. The lowest BCUT2D eigenvalue weighted by Crippen LogP contribution is -2.06. The van der Waals surface area contributed by atoms with Crippen LogP contribution in [-0.4, -0.2) is 17.6 Å². The van der Waals surface area contributed by atoms with Gasteiger partial charge in [-0.15, -0.1) is 0 Å². The molecule has 0 saturated carbocycles. The van der Waals surface area contributed by atoms with Gasteiger partial charge in [0, 0.05) is 12.2 Å². The minimum absolute atomic E-state index is 0.300. The summed E-state index contributed by atoms with van der Waals surface area (Å²) < 4.78 is 7.31. The summed E-state index contributed by atoms with van der Waals surface area (Å²) in [6.45, 7) is 3.04. The fourth-order valence-corrected chi connectivity index (χ4v) is 3.12. The zero-order chi connectivity index (χ0) is 17.6. The Hall–Kier alpha value is -2.81. The highest BCUT2D eigenvalue weighted by Crippen LogP contribution is 2.34. The van der Waals surface area contributed by atoms with Crippen LogP contribution < -0.4 is 0 Å². The van der Waals surface area contributed by atoms with Crippen LogP contribution in [0, 0.1) is 0 Å². The van der Waals surface area contributed by atoms with Crippen molar-refractivity contribution in [3.8, 4) is 22.5 Å². The van der Waals surface area contributed by atoms with Crippen LogP contribution in [0.3, 0.4) is 0 Å². The van der Waals surface area contributed by atoms with Crippen LogP contribution in [0.15, 0.2) is 66.7 Å². The van der Waals surface area contributed by atoms with Gasteiger partial charge < -0.3 is 9.30 Å². The van der Waals surface area contributed by atoms with Crippen LogP contribution in [0.2, 0.25) is 0 Å². The number of unbranched alkanes of at least 4 members (excludes halogenated alkanes) is 1. The Balaban J connectivity index is 2.25. The molecule has 25 heavy (non-hydrogen) atoms. The van der Waals surface area contributed by atoms with Crippen LogP contribution in [0.5, 0.6) is 0 Å². The Bertz CT molecular complexity index is 835. The third-order valence-electron chi connectivity index (χ3n) is 4.35. The molecule has 0 bridgehead atoms. The largest absolute Gasteiger partial charge is 0.465 e. The zero-order valence-electron chi connectivity index (χ0n) is 14.7. The first-order valence-electron chi connectivity index (χ1n) is 8.69. The van der Waals surface area contributed by atoms with Crippen molar-refractivity contribution in [1.29, 1.82) is 0 Å². The SMILES string of the molecule is CCCCn1c(-c2ccccc2)cc(C(=O)OC)c1-c1ccccc1. The molecule has 0 fully saturated rings. The maximum Gasteiger partial charge on any atom is 0.340 e. The van der Waals surface area contributed by atoms with Gasteiger partial charge in [-0.3, -0.25) is 0 Å². The molecule has 0 amide bonds. The molecule has 0 aliphatic heterocycles. The molecule has 0 radical (unpaired) electrons. The van der Waals surface area contributed by atoms with E-state index in [0.29, 0.717) is 5.56 Å². The second-order valence-electron chi connectivity index (χ2n) is 6.02. The standard InChI is InChI=1S/C22H23NO2/c1-3-4-15-23-20(17-11-7-5-8-12-17)16-19(22(24)25-2)21(23)18-13-9-6-10-14-18/h5-14,16H,3-4,15H2,1-2H3. The van der Waals surface area contributed by atoms with Crippen molar-refractivity contribution in [1.82, 2.24) is 4.57 Å². The van der Waals surface area contributed by atoms with Crippen molar-refractivity contribution in [2.24, 2.45) is 0 Å². The van der Waals surface area contributed by atoms with E-state index in [0.717, 1.165) is 41.9 Å². The molecule has 3 rings (SSSR count). The number of aromatic nitrogens is 1. The fourth-order valence-electron chi connectivity index (χ4n) is 3.12. The van der Waals surface area contributed by atoms with Gasteiger partial charge in [-0.05, 0) is 23.6 Å². The summed E-state index contributed by atoms with van der Waals surface area (Å²) in [5.41, 5.74) is 4.73. The number of nitrogens with zero attached hydrogens (tertiary/aromatic N) is 1. The van der Waals surface area contributed by atoms with Crippen LogP contribution >= 0.6 is 0 Å². The first-order chi connectivity index (χ1) is 12.3. The Labute approximate surface area is 148 Å². The minimum atomic E-state index is -0.300. The second-order valence-corrected chi connectivity index (χ2v) is 6.02. The number of carbonyl (C=O) groups excluding carboxylic acids is 1. The van der Waals surface area contributed by atoms with Gasteiger partial charge in [0.1, 0.15) is 0 Å². The van der Waals surface area contributed by atoms with Gasteiger partial charge in [0.05, 0.1) is 18.4 Å². The summed E-state index contributed by atoms with van der Waals surface area (Å²) >= 11 is 0. The third-order valence-corrected chi connectivity index (χ3v) is 4.35. The monoisotopic (exact) mass is 333 g/mol. The quantitative estimate of drug-likeness (QED) is 0.565. The summed E-state index contributed by atoms with van der Waals surface area (Å²) in [7, 11) is 1.43. The second kappa shape index (κ2) is 7.84. The van der Waals surface area contributed by atoms with Gasteiger partial charge >= 0.3 is 5.97 Å². The van der Waals surface area contributed by atoms with Gasteiger partial charge in [0.2, 0.25) is 0 Å². The summed E-state index contributed by atoms with van der Waals surface area (Å²) in [5, 5.41) is 0. The number of hydrogen-bond donors (Lipinski definition) is 0. The molecule has 0 spiro atoms. The van der Waals surface area contributed by atoms with E-state index in [4.69, 9.17) is 4.74 Å². The van der Waals surface area contributed by atoms with Crippen molar-refractivity contribution in [3.63, 3.8) is 0 Å². The van der Waals surface area contributed by atoms with Gasteiger partial charge in [0.25, 0.3) is 0 Å². The molecular weight excluding hydrogens is 310 g/mol. The summed E-state index contributed by atoms with van der Waals surface area (Å²) in [4.78, 5) is 12.4. The van der Waals surface area contributed by atoms with Crippen molar-refractivity contribution in [3.05, 3.63) is 72.3 Å². The number of ether oxygens (including phenoxy) is 1. The van der Waals surface area contributed by atoms with E-state index in [1.807, 2.05) is 54.6 Å². The molecule has 3 nitrogen and oxygen atoms in total. The summed E-state index contributed by atoms with van der Waals surface area (Å²) in [5.74, 6) is -0.300. The minimum Gasteiger partial charge on any atom is -0.465 e. The number of esters is 1. The number of benzene rings is 2. The molecule has 1 aromatic heterocycles. The van der Waals surface area contributed by atoms with Gasteiger partial charge in [-0.2, -0.15) is 0 Å². The van der Waals surface area contributed by atoms with Crippen molar-refractivity contribution in [2.75, 3.05) is 7.11 Å². The van der Waals surface area contributed by atoms with E-state index >= 15 is 0 Å². The molecule has 0 aliphatic carbocycles. The zero-order valence-corrected chi connectivity index (χ0v) is 14.7. The first-order valence-corrected chi connectivity index (χ1v) is 8.69. The maximum absolute atomic E-state index is 12.4. The predicted molar refractivity (Wildman–Crippen MR) is 102 cm³/mol. The Morgan fingerprint density at radius 3 is 2.12 bits per heavy atom. The molecule has 3 aromatic rings. The number of rotatable bonds is 6. The van der Waals surface area contributed by atoms with Crippen molar-refractivity contribution < 1.29 is 9.53 Å². The highest BCUT2D eigenvalue weighted by atomic mass is 16.5. The van der Waals surface area contributed by atoms with Crippen molar-refractivity contribution >= 4 is 5.97 Å². The van der Waals surface area contributed by atoms with Gasteiger partial charge in [-0.1, -0.05) is 74.0 Å². The molecule has 3 heteroatoms. The highest BCUT2D eigenvalue weighted by molar-refractivity contribution is 5.98. The van der Waals surface area contributed by atoms with E-state index in [1.54, 1.807) is 0 Å². The van der Waals surface area contributed by atoms with Crippen LogP contribution in [0.4, 0.5) is 0 Å². The lowest BCUT2D eigenvalue weighted by Gasteiger charge is -2.14. The molecule has 128 valence electrons. The molecule has 1 heterocycles. The lowest BCUT2D eigenvalue weighted by atomic mass is 10.1. The maximum atomic E-state index is 12.4. The third kappa shape index (κ3) is 3.50. The normalized spacial score (nSPS) is 10.6. The predicted octanol–water partition coefficient (Wildman–Crippen LogP) is 5.41. The van der Waals surface area contributed by atoms with E-state index in [-0.39, 0.29) is 5.97 Å². The average Bonchev–Trinajstić information content (AvgIpc) is 3.06. The van der Waals surface area contributed by atoms with E-state index in [2.05, 4.69) is 23.6 Å². The Morgan fingerprint density at radius 2 is 1.56 bits per heavy atom. The molecule has 0 N–H and O–H groups in total. The first kappa shape index (κ1) is 17.0. The molecule has 0 atom stereocenters. The van der Waals surface area contributed by atoms with Crippen LogP contribution in [0.1, 0.15) is 30.1 Å². The summed E-state index contributed by atoms with van der Waals surface area (Å²) in [6.07, 6.45) is 2.14. The lowest BCUT2D eigenvalue weighted by molar-refractivity contribution is 0.0601. The smallest absolute Gasteiger partial charge is 0.340 e. The molecule has 0 unspecified atom stereocenters. The number of methoxy groups -OCH3 is 1. The Kier molecular flexibility index (Phi) is 5.34. The molecular formula is C22H23NO2. The molecule has 0 aliphatic rings.